The van der Waals surface area contributed by atoms with E-state index in [9.17, 15) is 19.5 Å². The molecule has 3 amide bonds. The van der Waals surface area contributed by atoms with Crippen LogP contribution in [0.3, 0.4) is 0 Å². The van der Waals surface area contributed by atoms with Crippen LogP contribution in [-0.4, -0.2) is 82.7 Å². The van der Waals surface area contributed by atoms with Crippen LogP contribution < -0.4 is 10.7 Å². The van der Waals surface area contributed by atoms with E-state index >= 15 is 0 Å². The predicted molar refractivity (Wildman–Crippen MR) is 135 cm³/mol. The minimum Gasteiger partial charge on any atom is -0.494 e. The van der Waals surface area contributed by atoms with E-state index in [0.717, 1.165) is 18.4 Å². The molecule has 3 atom stereocenters. The van der Waals surface area contributed by atoms with Crippen molar-refractivity contribution in [3.05, 3.63) is 59.5 Å². The third-order valence-corrected chi connectivity index (χ3v) is 7.18. The lowest BCUT2D eigenvalue weighted by molar-refractivity contribution is -0.142. The van der Waals surface area contributed by atoms with Crippen molar-refractivity contribution >= 4 is 17.7 Å². The Kier molecular flexibility index (Phi) is 7.21. The van der Waals surface area contributed by atoms with Crippen molar-refractivity contribution in [2.75, 3.05) is 32.8 Å². The topological polar surface area (TPSA) is 114 Å². The van der Waals surface area contributed by atoms with Gasteiger partial charge in [-0.2, -0.15) is 0 Å². The van der Waals surface area contributed by atoms with Crippen molar-refractivity contribution in [2.45, 2.75) is 44.9 Å². The number of morpholine rings is 1. The van der Waals surface area contributed by atoms with Gasteiger partial charge < -0.3 is 25.0 Å². The molecule has 1 aromatic carbocycles. The monoisotopic (exact) mass is 509 g/mol. The van der Waals surface area contributed by atoms with E-state index in [4.69, 9.17) is 4.74 Å². The number of hydrogen-bond acceptors (Lipinski definition) is 7. The van der Waals surface area contributed by atoms with Gasteiger partial charge in [0.05, 0.1) is 19.3 Å². The van der Waals surface area contributed by atoms with Gasteiger partial charge in [-0.15, -0.1) is 0 Å². The van der Waals surface area contributed by atoms with E-state index in [0.29, 0.717) is 32.8 Å². The molecule has 37 heavy (non-hydrogen) atoms. The Morgan fingerprint density at radius 3 is 2.70 bits per heavy atom. The average molecular weight is 510 g/mol. The highest BCUT2D eigenvalue weighted by molar-refractivity contribution is 6.19. The number of hydrogen-bond donors (Lipinski definition) is 3. The van der Waals surface area contributed by atoms with Crippen LogP contribution in [0.15, 0.2) is 53.9 Å². The standard InChI is InChI=1S/C27H35N5O5/c1-17(2)15-31-25-19(14-28-32(25)27(36)23(26(31)35)24(34)29-20-9-10-20)8-11-22(33)30-12-13-37-16-21(30)18-6-4-3-5-7-18/h3-8,11,17,19-21,25,28,35H,9-10,12-16H2,1-2H3,(H,29,34)/b11-8+/t19?,21-,25?/m0/s1. The minimum absolute atomic E-state index is 0.0602. The van der Waals surface area contributed by atoms with Gasteiger partial charge in [-0.05, 0) is 30.4 Å². The fourth-order valence-corrected chi connectivity index (χ4v) is 5.20. The Morgan fingerprint density at radius 1 is 1.24 bits per heavy atom. The summed E-state index contributed by atoms with van der Waals surface area (Å²) in [6, 6.07) is 9.71. The molecule has 3 aliphatic heterocycles. The van der Waals surface area contributed by atoms with Gasteiger partial charge in [0.25, 0.3) is 11.8 Å². The van der Waals surface area contributed by atoms with Gasteiger partial charge in [0.1, 0.15) is 6.17 Å². The number of carbonyl (C=O) groups excluding carboxylic acids is 3. The number of benzene rings is 1. The number of aliphatic hydroxyl groups is 1. The number of amides is 3. The second-order valence-electron chi connectivity index (χ2n) is 10.5. The highest BCUT2D eigenvalue weighted by Crippen LogP contribution is 2.33. The highest BCUT2D eigenvalue weighted by Gasteiger charge is 2.49. The lowest BCUT2D eigenvalue weighted by Gasteiger charge is -2.42. The van der Waals surface area contributed by atoms with E-state index in [1.165, 1.54) is 5.01 Å². The Balaban J connectivity index is 1.36. The van der Waals surface area contributed by atoms with Gasteiger partial charge in [-0.25, -0.2) is 10.4 Å². The van der Waals surface area contributed by atoms with Crippen LogP contribution in [0.4, 0.5) is 0 Å². The molecule has 0 aromatic heterocycles. The van der Waals surface area contributed by atoms with Crippen molar-refractivity contribution in [2.24, 2.45) is 11.8 Å². The maximum Gasteiger partial charge on any atom is 0.280 e. The predicted octanol–water partition coefficient (Wildman–Crippen LogP) is 1.45. The lowest BCUT2D eigenvalue weighted by atomic mass is 10.00. The summed E-state index contributed by atoms with van der Waals surface area (Å²) < 4.78 is 5.65. The zero-order valence-corrected chi connectivity index (χ0v) is 21.3. The lowest BCUT2D eigenvalue weighted by Crippen LogP contribution is -2.59. The smallest absolute Gasteiger partial charge is 0.280 e. The molecule has 3 heterocycles. The molecule has 2 saturated heterocycles. The van der Waals surface area contributed by atoms with Gasteiger partial charge in [0, 0.05) is 31.6 Å². The zero-order valence-electron chi connectivity index (χ0n) is 21.3. The molecule has 1 aromatic rings. The van der Waals surface area contributed by atoms with E-state index in [1.54, 1.807) is 17.1 Å². The van der Waals surface area contributed by atoms with E-state index < -0.39 is 18.0 Å². The molecule has 3 fully saturated rings. The molecule has 1 saturated carbocycles. The van der Waals surface area contributed by atoms with Gasteiger partial charge in [-0.3, -0.25) is 14.4 Å². The van der Waals surface area contributed by atoms with Crippen molar-refractivity contribution in [3.63, 3.8) is 0 Å². The fourth-order valence-electron chi connectivity index (χ4n) is 5.20. The second kappa shape index (κ2) is 10.5. The van der Waals surface area contributed by atoms with Crippen LogP contribution in [0.5, 0.6) is 0 Å². The summed E-state index contributed by atoms with van der Waals surface area (Å²) in [5.74, 6) is -1.64. The molecule has 3 N–H and O–H groups in total. The van der Waals surface area contributed by atoms with Gasteiger partial charge in [-0.1, -0.05) is 50.3 Å². The number of nitrogens with zero attached hydrogens (tertiary/aromatic N) is 3. The SMILES string of the molecule is CC(C)CN1C(O)=C(C(=O)NC2CC2)C(=O)N2NCC(/C=C/C(=O)N3CCOC[C@H]3c3ccccc3)C12. The summed E-state index contributed by atoms with van der Waals surface area (Å²) in [5.41, 5.74) is 3.87. The molecule has 2 unspecified atom stereocenters. The fraction of sp³-hybridized carbons (Fsp3) is 0.519. The summed E-state index contributed by atoms with van der Waals surface area (Å²) in [7, 11) is 0. The number of fused-ring (bicyclic) bond motifs is 1. The van der Waals surface area contributed by atoms with E-state index in [1.807, 2.05) is 49.1 Å². The number of hydrazine groups is 1. The van der Waals surface area contributed by atoms with Gasteiger partial charge in [0.15, 0.2) is 5.57 Å². The molecule has 0 spiro atoms. The van der Waals surface area contributed by atoms with E-state index in [2.05, 4.69) is 10.7 Å². The third-order valence-electron chi connectivity index (χ3n) is 7.18. The number of nitrogens with one attached hydrogen (secondary N) is 2. The van der Waals surface area contributed by atoms with E-state index in [-0.39, 0.29) is 41.3 Å². The quantitative estimate of drug-likeness (QED) is 0.377. The molecule has 1 aliphatic carbocycles. The molecule has 4 aliphatic rings. The number of ether oxygens (including phenoxy) is 1. The van der Waals surface area contributed by atoms with Gasteiger partial charge in [0.2, 0.25) is 11.8 Å². The van der Waals surface area contributed by atoms with Crippen LogP contribution in [0, 0.1) is 11.8 Å². The van der Waals surface area contributed by atoms with Crippen LogP contribution in [0.25, 0.3) is 0 Å². The van der Waals surface area contributed by atoms with Crippen LogP contribution in [-0.2, 0) is 19.1 Å². The highest BCUT2D eigenvalue weighted by atomic mass is 16.5. The Bertz CT molecular complexity index is 1100. The normalized spacial score (nSPS) is 26.3. The molecular weight excluding hydrogens is 474 g/mol. The first-order chi connectivity index (χ1) is 17.8. The second-order valence-corrected chi connectivity index (χ2v) is 10.5. The summed E-state index contributed by atoms with van der Waals surface area (Å²) in [5, 5.41) is 15.3. The molecule has 5 rings (SSSR count). The minimum atomic E-state index is -0.555. The average Bonchev–Trinajstić information content (AvgIpc) is 3.60. The Hall–Kier alpha value is -3.37. The molecular formula is C27H35N5O5. The van der Waals surface area contributed by atoms with Crippen molar-refractivity contribution in [3.8, 4) is 0 Å². The van der Waals surface area contributed by atoms with Crippen LogP contribution in [0.2, 0.25) is 0 Å². The van der Waals surface area contributed by atoms with Gasteiger partial charge >= 0.3 is 0 Å². The van der Waals surface area contributed by atoms with Crippen molar-refractivity contribution < 1.29 is 24.2 Å². The third kappa shape index (κ3) is 5.21. The van der Waals surface area contributed by atoms with Crippen molar-refractivity contribution in [1.82, 2.24) is 25.6 Å². The maximum atomic E-state index is 13.3. The zero-order chi connectivity index (χ0) is 26.1. The molecule has 10 heteroatoms. The number of rotatable bonds is 7. The first-order valence-electron chi connectivity index (χ1n) is 13.0. The number of carbonyl (C=O) groups is 3. The molecule has 0 bridgehead atoms. The molecule has 10 nitrogen and oxygen atoms in total. The number of aliphatic hydroxyl groups excluding tert-OH is 1. The maximum absolute atomic E-state index is 13.3. The van der Waals surface area contributed by atoms with Crippen LogP contribution >= 0.6 is 0 Å². The largest absolute Gasteiger partial charge is 0.494 e. The molecule has 198 valence electrons. The van der Waals surface area contributed by atoms with Crippen molar-refractivity contribution in [1.29, 1.82) is 0 Å². The summed E-state index contributed by atoms with van der Waals surface area (Å²) >= 11 is 0. The van der Waals surface area contributed by atoms with Crippen LogP contribution in [0.1, 0.15) is 38.3 Å². The summed E-state index contributed by atoms with van der Waals surface area (Å²) in [4.78, 5) is 42.9. The summed E-state index contributed by atoms with van der Waals surface area (Å²) in [6.07, 6.45) is 4.57. The Morgan fingerprint density at radius 2 is 2.00 bits per heavy atom. The Labute approximate surface area is 216 Å². The summed E-state index contributed by atoms with van der Waals surface area (Å²) in [6.45, 7) is 6.26. The first-order valence-corrected chi connectivity index (χ1v) is 13.0. The first kappa shape index (κ1) is 25.3. The molecule has 0 radical (unpaired) electrons.